The van der Waals surface area contributed by atoms with Gasteiger partial charge in [0.1, 0.15) is 0 Å². The van der Waals surface area contributed by atoms with Crippen molar-refractivity contribution in [3.63, 3.8) is 0 Å². The summed E-state index contributed by atoms with van der Waals surface area (Å²) < 4.78 is 9.91. The second-order valence-electron chi connectivity index (χ2n) is 0.680. The maximum absolute atomic E-state index is 9.91. The van der Waals surface area contributed by atoms with E-state index in [0.717, 1.165) is 0 Å². The average Bonchev–Trinajstić information content (AvgIpc) is 2.10. The molecule has 0 radical (unpaired) electrons. The van der Waals surface area contributed by atoms with E-state index in [4.69, 9.17) is 0 Å². The van der Waals surface area contributed by atoms with E-state index < -0.39 is 0 Å². The highest BCUT2D eigenvalue weighted by molar-refractivity contribution is 8.74. The van der Waals surface area contributed by atoms with Crippen LogP contribution >= 0.6 is 0 Å². The zero-order valence-corrected chi connectivity index (χ0v) is 13.9. The highest BCUT2D eigenvalue weighted by Crippen LogP contribution is 1.38. The van der Waals surface area contributed by atoms with Crippen LogP contribution in [0.2, 0.25) is 0 Å². The van der Waals surface area contributed by atoms with Crippen LogP contribution in [0.25, 0.3) is 0 Å². The summed E-state index contributed by atoms with van der Waals surface area (Å²) in [6, 6.07) is 0. The molecule has 0 unspecified atom stereocenters. The molecule has 0 bridgehead atoms. The van der Waals surface area contributed by atoms with Gasteiger partial charge in [0.15, 0.2) is 10.2 Å². The van der Waals surface area contributed by atoms with Crippen molar-refractivity contribution in [2.24, 2.45) is 0 Å². The summed E-state index contributed by atoms with van der Waals surface area (Å²) in [5, 5.41) is 0. The maximum Gasteiger partial charge on any atom is 0.168 e. The predicted octanol–water partition coefficient (Wildman–Crippen LogP) is -0.360. The number of rotatable bonds is 0. The van der Waals surface area contributed by atoms with Crippen LogP contribution in [-0.4, -0.2) is 4.21 Å². The molecule has 0 N–H and O–H groups in total. The molecule has 0 saturated carbocycles. The molecule has 0 spiro atoms. The van der Waals surface area contributed by atoms with E-state index in [9.17, 15) is 4.21 Å². The van der Waals surface area contributed by atoms with Crippen molar-refractivity contribution in [2.45, 2.75) is 0 Å². The van der Waals surface area contributed by atoms with E-state index in [2.05, 4.69) is 11.2 Å². The van der Waals surface area contributed by atoms with Gasteiger partial charge in [-0.1, -0.05) is 0 Å². The van der Waals surface area contributed by atoms with E-state index >= 15 is 0 Å². The Balaban J connectivity index is 5.45. The fraction of sp³-hybridized carbons (Fsp3) is 0. The van der Waals surface area contributed by atoms with Gasteiger partial charge in [-0.15, -0.1) is 0 Å². The quantitative estimate of drug-likeness (QED) is 0.581. The predicted molar refractivity (Wildman–Crippen MR) is 81.8 cm³/mol. The standard InChI is InChI=1S/OS11/c1-3-5-7-9-11-12-10-8-6-4-2. The van der Waals surface area contributed by atoms with Crippen LogP contribution in [0, 0.1) is 0 Å². The van der Waals surface area contributed by atoms with Crippen molar-refractivity contribution in [3.8, 4) is 0 Å². The molecule has 0 aliphatic carbocycles. The van der Waals surface area contributed by atoms with Gasteiger partial charge in [-0.3, -0.25) is 0 Å². The first-order valence-corrected chi connectivity index (χ1v) is 15.5. The Bertz CT molecular complexity index is 454. The summed E-state index contributed by atoms with van der Waals surface area (Å²) in [7, 11) is 14.4. The lowest BCUT2D eigenvalue weighted by molar-refractivity contribution is 0.702. The van der Waals surface area contributed by atoms with Crippen molar-refractivity contribution in [1.82, 2.24) is 0 Å². The number of hydrogen-bond donors (Lipinski definition) is 0. The van der Waals surface area contributed by atoms with Crippen LogP contribution in [0.4, 0.5) is 0 Å². The largest absolute Gasteiger partial charge is 0.200 e. The van der Waals surface area contributed by atoms with Crippen LogP contribution in [0.1, 0.15) is 0 Å². The third-order valence-corrected chi connectivity index (χ3v) is 18.7. The lowest BCUT2D eigenvalue weighted by atomic mass is 16.0. The summed E-state index contributed by atoms with van der Waals surface area (Å²) >= 11 is 4.67. The Morgan fingerprint density at radius 3 is 1.50 bits per heavy atom. The van der Waals surface area contributed by atoms with E-state index in [1.165, 1.54) is 26.6 Å². The third-order valence-electron chi connectivity index (χ3n) is 0.250. The lowest BCUT2D eigenvalue weighted by Crippen LogP contribution is -1.38. The van der Waals surface area contributed by atoms with E-state index in [1.807, 2.05) is 0 Å². The first-order valence-electron chi connectivity index (χ1n) is 1.83. The van der Waals surface area contributed by atoms with Gasteiger partial charge < -0.3 is 0 Å². The summed E-state index contributed by atoms with van der Waals surface area (Å²) in [6.07, 6.45) is 0. The van der Waals surface area contributed by atoms with Gasteiger partial charge in [-0.2, -0.15) is 4.21 Å². The van der Waals surface area contributed by atoms with Crippen molar-refractivity contribution < 1.29 is 4.21 Å². The lowest BCUT2D eigenvalue weighted by Gasteiger charge is -1.37. The molecule has 0 aliphatic heterocycles. The first-order chi connectivity index (χ1) is 5.91. The molecule has 1 nitrogen and oxygen atoms in total. The normalized spacial score (nSPS) is 7.00. The SMILES string of the molecule is O=S=S=S=S=S=S=S=S=S=S=S. The van der Waals surface area contributed by atoms with E-state index in [1.54, 1.807) is 53.3 Å². The Morgan fingerprint density at radius 1 is 0.667 bits per heavy atom. The average molecular weight is 369 g/mol. The van der Waals surface area contributed by atoms with Gasteiger partial charge in [0.2, 0.25) is 0 Å². The zero-order chi connectivity index (χ0) is 9.07. The monoisotopic (exact) mass is 368 g/mol. The molecule has 0 saturated heterocycles. The van der Waals surface area contributed by atoms with Gasteiger partial charge in [0.05, 0.1) is 0 Å². The van der Waals surface area contributed by atoms with Crippen molar-refractivity contribution >= 4 is 101 Å². The second kappa shape index (κ2) is 13.2. The van der Waals surface area contributed by atoms with E-state index in [-0.39, 0.29) is 0 Å². The fourth-order valence-corrected chi connectivity index (χ4v) is 20.2. The summed E-state index contributed by atoms with van der Waals surface area (Å²) in [5.41, 5.74) is 0. The minimum Gasteiger partial charge on any atom is -0.200 e. The molecule has 0 fully saturated rings. The van der Waals surface area contributed by atoms with Crippen molar-refractivity contribution in [1.29, 1.82) is 0 Å². The van der Waals surface area contributed by atoms with Gasteiger partial charge in [0, 0.05) is 91.1 Å². The molecule has 12 heavy (non-hydrogen) atoms. The molecular weight excluding hydrogens is 369 g/mol. The number of hydrogen-bond acceptors (Lipinski definition) is 2. The minimum atomic E-state index is 0.527. The molecular formula is OS11. The highest BCUT2D eigenvalue weighted by atomic mass is 33.4. The van der Waals surface area contributed by atoms with Crippen LogP contribution in [0.5, 0.6) is 0 Å². The van der Waals surface area contributed by atoms with Gasteiger partial charge >= 0.3 is 0 Å². The third kappa shape index (κ3) is 12.2. The Labute approximate surface area is 104 Å². The smallest absolute Gasteiger partial charge is 0.168 e. The topological polar surface area (TPSA) is 17.1 Å². The molecule has 0 aromatic carbocycles. The molecule has 0 atom stereocenters. The van der Waals surface area contributed by atoms with Crippen molar-refractivity contribution in [2.75, 3.05) is 0 Å². The maximum atomic E-state index is 9.91. The molecule has 0 aromatic rings. The second-order valence-corrected chi connectivity index (χ2v) is 17.1. The van der Waals surface area contributed by atoms with Crippen molar-refractivity contribution in [3.05, 3.63) is 0 Å². The fourth-order valence-electron chi connectivity index (χ4n) is 0.0907. The molecule has 0 heterocycles. The zero-order valence-electron chi connectivity index (χ0n) is 4.90. The van der Waals surface area contributed by atoms with Crippen LogP contribution in [0.15, 0.2) is 0 Å². The molecule has 0 rings (SSSR count). The van der Waals surface area contributed by atoms with Crippen LogP contribution in [0.3, 0.4) is 0 Å². The molecule has 0 aromatic heterocycles. The van der Waals surface area contributed by atoms with Gasteiger partial charge in [0.25, 0.3) is 0 Å². The van der Waals surface area contributed by atoms with Gasteiger partial charge in [-0.05, 0) is 0 Å². The highest BCUT2D eigenvalue weighted by Gasteiger charge is 1.39. The van der Waals surface area contributed by atoms with E-state index in [0.29, 0.717) is 10.2 Å². The summed E-state index contributed by atoms with van der Waals surface area (Å²) in [6.45, 7) is 0. The minimum absolute atomic E-state index is 0.527. The van der Waals surface area contributed by atoms with Gasteiger partial charge in [-0.25, -0.2) is 0 Å². The molecule has 72 valence electrons. The summed E-state index contributed by atoms with van der Waals surface area (Å²) in [4.78, 5) is 0. The molecule has 0 amide bonds. The Kier molecular flexibility index (Phi) is 15.7. The Hall–Kier alpha value is 2.22. The molecule has 0 aliphatic rings. The first kappa shape index (κ1) is 14.2. The van der Waals surface area contributed by atoms with Crippen LogP contribution < -0.4 is 0 Å². The summed E-state index contributed by atoms with van der Waals surface area (Å²) in [5.74, 6) is 0. The Morgan fingerprint density at radius 2 is 1.08 bits per heavy atom. The molecule has 12 heteroatoms. The van der Waals surface area contributed by atoms with Crippen LogP contribution in [-0.2, 0) is 101 Å².